The Kier molecular flexibility index (Phi) is 3.40. The largest absolute Gasteiger partial charge is 0.481 e. The Morgan fingerprint density at radius 2 is 2.20 bits per heavy atom. The zero-order valence-electron chi connectivity index (χ0n) is 8.89. The van der Waals surface area contributed by atoms with Gasteiger partial charge >= 0.3 is 5.97 Å². The molecular weight excluding hydrogens is 220 g/mol. The van der Waals surface area contributed by atoms with Crippen molar-refractivity contribution < 1.29 is 23.1 Å². The summed E-state index contributed by atoms with van der Waals surface area (Å²) < 4.78 is 27.5. The Labute approximate surface area is 89.3 Å². The number of hydrogen-bond donors (Lipinski definition) is 1. The summed E-state index contributed by atoms with van der Waals surface area (Å²) in [6, 6.07) is 0. The first kappa shape index (κ1) is 12.4. The van der Waals surface area contributed by atoms with Crippen molar-refractivity contribution in [1.82, 2.24) is 0 Å². The molecule has 15 heavy (non-hydrogen) atoms. The highest BCUT2D eigenvalue weighted by atomic mass is 32.2. The second-order valence-corrected chi connectivity index (χ2v) is 6.39. The second-order valence-electron chi connectivity index (χ2n) is 3.99. The van der Waals surface area contributed by atoms with Crippen molar-refractivity contribution in [3.63, 3.8) is 0 Å². The molecule has 0 spiro atoms. The van der Waals surface area contributed by atoms with Crippen molar-refractivity contribution in [2.45, 2.75) is 13.3 Å². The van der Waals surface area contributed by atoms with Crippen molar-refractivity contribution in [2.75, 3.05) is 25.2 Å². The molecule has 1 fully saturated rings. The number of methoxy groups -OCH3 is 1. The number of hydrogen-bond acceptors (Lipinski definition) is 4. The maximum absolute atomic E-state index is 11.3. The van der Waals surface area contributed by atoms with Gasteiger partial charge in [0.2, 0.25) is 0 Å². The summed E-state index contributed by atoms with van der Waals surface area (Å²) >= 11 is 0. The molecule has 1 aliphatic carbocycles. The Hall–Kier alpha value is -0.620. The lowest BCUT2D eigenvalue weighted by Gasteiger charge is -2.10. The first-order chi connectivity index (χ1) is 6.88. The van der Waals surface area contributed by atoms with Gasteiger partial charge in [-0.3, -0.25) is 4.79 Å². The van der Waals surface area contributed by atoms with Crippen LogP contribution < -0.4 is 0 Å². The van der Waals surface area contributed by atoms with Gasteiger partial charge in [-0.15, -0.1) is 0 Å². The molecule has 0 aliphatic heterocycles. The summed E-state index contributed by atoms with van der Waals surface area (Å²) in [5.41, 5.74) is -0.961. The van der Waals surface area contributed by atoms with Gasteiger partial charge in [0.25, 0.3) is 0 Å². The number of carboxylic acids is 1. The van der Waals surface area contributed by atoms with Crippen LogP contribution in [0.3, 0.4) is 0 Å². The standard InChI is InChI=1S/C9H16O5S/c1-3-15(12,13)5-7-4-9(7,6-14-2)8(10)11/h7H,3-6H2,1-2H3,(H,10,11)/t7-,9-/m1/s1. The Balaban J connectivity index is 2.67. The quantitative estimate of drug-likeness (QED) is 0.710. The van der Waals surface area contributed by atoms with Gasteiger partial charge in [-0.25, -0.2) is 8.42 Å². The third-order valence-corrected chi connectivity index (χ3v) is 4.74. The Morgan fingerprint density at radius 3 is 2.60 bits per heavy atom. The molecule has 5 nitrogen and oxygen atoms in total. The minimum atomic E-state index is -3.10. The van der Waals surface area contributed by atoms with E-state index in [0.717, 1.165) is 0 Å². The maximum atomic E-state index is 11.3. The monoisotopic (exact) mass is 236 g/mol. The molecule has 0 aromatic heterocycles. The van der Waals surface area contributed by atoms with E-state index in [2.05, 4.69) is 0 Å². The highest BCUT2D eigenvalue weighted by Crippen LogP contribution is 2.53. The van der Waals surface area contributed by atoms with Gasteiger partial charge in [-0.1, -0.05) is 6.92 Å². The van der Waals surface area contributed by atoms with Crippen LogP contribution in [0.1, 0.15) is 13.3 Å². The lowest BCUT2D eigenvalue weighted by Crippen LogP contribution is -2.26. The molecule has 6 heteroatoms. The summed E-state index contributed by atoms with van der Waals surface area (Å²) in [6.07, 6.45) is 0.398. The number of carboxylic acid groups (broad SMARTS) is 1. The van der Waals surface area contributed by atoms with Crippen molar-refractivity contribution in [3.05, 3.63) is 0 Å². The smallest absolute Gasteiger partial charge is 0.312 e. The predicted molar refractivity (Wildman–Crippen MR) is 54.4 cm³/mol. The topological polar surface area (TPSA) is 80.7 Å². The van der Waals surface area contributed by atoms with Gasteiger partial charge < -0.3 is 9.84 Å². The zero-order chi connectivity index (χ0) is 11.7. The van der Waals surface area contributed by atoms with Crippen LogP contribution in [0.2, 0.25) is 0 Å². The Morgan fingerprint density at radius 1 is 1.60 bits per heavy atom. The minimum Gasteiger partial charge on any atom is -0.481 e. The number of sulfone groups is 1. The molecule has 1 aliphatic rings. The molecule has 2 atom stereocenters. The summed E-state index contributed by atoms with van der Waals surface area (Å²) in [6.45, 7) is 1.66. The molecule has 1 rings (SSSR count). The van der Waals surface area contributed by atoms with E-state index in [1.165, 1.54) is 7.11 Å². The minimum absolute atomic E-state index is 0.0425. The predicted octanol–water partition coefficient (Wildman–Crippen LogP) is 0.158. The van der Waals surface area contributed by atoms with Crippen molar-refractivity contribution >= 4 is 15.8 Å². The van der Waals surface area contributed by atoms with Crippen LogP contribution in [-0.2, 0) is 19.4 Å². The van der Waals surface area contributed by atoms with Gasteiger partial charge in [-0.05, 0) is 12.3 Å². The normalized spacial score (nSPS) is 30.1. The van der Waals surface area contributed by atoms with Crippen molar-refractivity contribution in [1.29, 1.82) is 0 Å². The van der Waals surface area contributed by atoms with Gasteiger partial charge in [0.05, 0.1) is 17.8 Å². The molecule has 0 unspecified atom stereocenters. The highest BCUT2D eigenvalue weighted by Gasteiger charge is 2.61. The summed E-state index contributed by atoms with van der Waals surface area (Å²) in [5.74, 6) is -1.23. The lowest BCUT2D eigenvalue weighted by molar-refractivity contribution is -0.146. The third kappa shape index (κ3) is 2.49. The van der Waals surface area contributed by atoms with Gasteiger partial charge in [0, 0.05) is 12.9 Å². The molecular formula is C9H16O5S. The number of rotatable bonds is 6. The maximum Gasteiger partial charge on any atom is 0.312 e. The molecule has 0 bridgehead atoms. The fourth-order valence-electron chi connectivity index (χ4n) is 1.78. The molecule has 0 heterocycles. The highest BCUT2D eigenvalue weighted by molar-refractivity contribution is 7.91. The first-order valence-electron chi connectivity index (χ1n) is 4.80. The lowest BCUT2D eigenvalue weighted by atomic mass is 10.1. The molecule has 0 amide bonds. The Bertz CT molecular complexity index is 348. The van der Waals surface area contributed by atoms with Crippen LogP contribution >= 0.6 is 0 Å². The molecule has 0 aromatic rings. The molecule has 1 N–H and O–H groups in total. The van der Waals surface area contributed by atoms with E-state index in [0.29, 0.717) is 6.42 Å². The average molecular weight is 236 g/mol. The van der Waals surface area contributed by atoms with Gasteiger partial charge in [0.15, 0.2) is 0 Å². The van der Waals surface area contributed by atoms with Crippen LogP contribution in [-0.4, -0.2) is 44.7 Å². The zero-order valence-corrected chi connectivity index (χ0v) is 9.71. The number of ether oxygens (including phenoxy) is 1. The fraction of sp³-hybridized carbons (Fsp3) is 0.889. The van der Waals surface area contributed by atoms with E-state index in [-0.39, 0.29) is 24.0 Å². The van der Waals surface area contributed by atoms with Crippen LogP contribution in [0.4, 0.5) is 0 Å². The molecule has 0 aromatic carbocycles. The van der Waals surface area contributed by atoms with Gasteiger partial charge in [0.1, 0.15) is 9.84 Å². The van der Waals surface area contributed by atoms with E-state index in [9.17, 15) is 13.2 Å². The fourth-order valence-corrected chi connectivity index (χ4v) is 3.07. The molecule has 0 radical (unpaired) electrons. The van der Waals surface area contributed by atoms with Crippen LogP contribution in [0, 0.1) is 11.3 Å². The first-order valence-corrected chi connectivity index (χ1v) is 6.63. The number of aliphatic carboxylic acids is 1. The van der Waals surface area contributed by atoms with Gasteiger partial charge in [-0.2, -0.15) is 0 Å². The second kappa shape index (κ2) is 4.09. The molecule has 1 saturated carbocycles. The average Bonchev–Trinajstić information content (AvgIpc) is 2.80. The third-order valence-electron chi connectivity index (χ3n) is 2.95. The van der Waals surface area contributed by atoms with E-state index < -0.39 is 21.2 Å². The summed E-state index contributed by atoms with van der Waals surface area (Å²) in [5, 5.41) is 9.00. The molecule has 0 saturated heterocycles. The number of carbonyl (C=O) groups is 1. The van der Waals surface area contributed by atoms with E-state index >= 15 is 0 Å². The van der Waals surface area contributed by atoms with E-state index in [1.807, 2.05) is 0 Å². The van der Waals surface area contributed by atoms with Crippen molar-refractivity contribution in [2.24, 2.45) is 11.3 Å². The van der Waals surface area contributed by atoms with Crippen molar-refractivity contribution in [3.8, 4) is 0 Å². The SMILES string of the molecule is CCS(=O)(=O)C[C@H]1C[C@]1(COC)C(=O)O. The van der Waals surface area contributed by atoms with E-state index in [4.69, 9.17) is 9.84 Å². The van der Waals surface area contributed by atoms with E-state index in [1.54, 1.807) is 6.92 Å². The summed E-state index contributed by atoms with van der Waals surface area (Å²) in [4.78, 5) is 11.0. The van der Waals surface area contributed by atoms with Crippen LogP contribution in [0.25, 0.3) is 0 Å². The molecule has 88 valence electrons. The van der Waals surface area contributed by atoms with Crippen LogP contribution in [0.15, 0.2) is 0 Å². The summed E-state index contributed by atoms with van der Waals surface area (Å²) in [7, 11) is -1.67. The van der Waals surface area contributed by atoms with Crippen LogP contribution in [0.5, 0.6) is 0 Å².